The standard InChI is InChI=1S/C20H28F2O2/c1-2-3-4-5-6-8-15-11-13-16(14-12-15)20(23)24-19-17(21)9-7-10-18(19)22/h7,9-10,15-16H,2-6,8,11-14H2,1H3. The highest BCUT2D eigenvalue weighted by Gasteiger charge is 2.28. The van der Waals surface area contributed by atoms with Crippen molar-refractivity contribution in [3.05, 3.63) is 29.8 Å². The fraction of sp³-hybridized carbons (Fsp3) is 0.650. The van der Waals surface area contributed by atoms with E-state index in [0.29, 0.717) is 5.92 Å². The number of rotatable bonds is 8. The summed E-state index contributed by atoms with van der Waals surface area (Å²) in [7, 11) is 0. The van der Waals surface area contributed by atoms with Gasteiger partial charge in [0.05, 0.1) is 5.92 Å². The van der Waals surface area contributed by atoms with Gasteiger partial charge in [0, 0.05) is 0 Å². The molecule has 1 aliphatic carbocycles. The third-order valence-corrected chi connectivity index (χ3v) is 5.02. The first kappa shape index (κ1) is 18.9. The van der Waals surface area contributed by atoms with Gasteiger partial charge in [0.25, 0.3) is 0 Å². The van der Waals surface area contributed by atoms with Crippen LogP contribution in [-0.2, 0) is 4.79 Å². The van der Waals surface area contributed by atoms with E-state index in [2.05, 4.69) is 6.92 Å². The van der Waals surface area contributed by atoms with Crippen LogP contribution in [0, 0.1) is 23.5 Å². The Labute approximate surface area is 143 Å². The number of esters is 1. The van der Waals surface area contributed by atoms with Gasteiger partial charge in [0.2, 0.25) is 5.75 Å². The van der Waals surface area contributed by atoms with E-state index in [1.807, 2.05) is 0 Å². The number of hydrogen-bond acceptors (Lipinski definition) is 2. The first-order valence-electron chi connectivity index (χ1n) is 9.27. The molecule has 0 saturated heterocycles. The van der Waals surface area contributed by atoms with Crippen molar-refractivity contribution in [1.82, 2.24) is 0 Å². The SMILES string of the molecule is CCCCCCCC1CCC(C(=O)Oc2c(F)cccc2F)CC1. The predicted octanol–water partition coefficient (Wildman–Crippen LogP) is 6.04. The second-order valence-corrected chi connectivity index (χ2v) is 6.89. The van der Waals surface area contributed by atoms with Crippen molar-refractivity contribution in [1.29, 1.82) is 0 Å². The van der Waals surface area contributed by atoms with Crippen LogP contribution in [0.3, 0.4) is 0 Å². The van der Waals surface area contributed by atoms with Gasteiger partial charge in [0.15, 0.2) is 11.6 Å². The number of ether oxygens (including phenoxy) is 1. The molecule has 2 nitrogen and oxygen atoms in total. The highest BCUT2D eigenvalue weighted by Crippen LogP contribution is 2.33. The zero-order valence-corrected chi connectivity index (χ0v) is 14.5. The highest BCUT2D eigenvalue weighted by atomic mass is 19.1. The molecule has 1 aromatic carbocycles. The molecule has 2 rings (SSSR count). The molecule has 0 atom stereocenters. The summed E-state index contributed by atoms with van der Waals surface area (Å²) in [5, 5.41) is 0. The van der Waals surface area contributed by atoms with Crippen LogP contribution < -0.4 is 4.74 Å². The second-order valence-electron chi connectivity index (χ2n) is 6.89. The minimum atomic E-state index is -0.830. The lowest BCUT2D eigenvalue weighted by atomic mass is 9.80. The molecule has 0 unspecified atom stereocenters. The molecular weight excluding hydrogens is 310 g/mol. The molecule has 0 N–H and O–H groups in total. The van der Waals surface area contributed by atoms with Crippen molar-refractivity contribution >= 4 is 5.97 Å². The van der Waals surface area contributed by atoms with Crippen LogP contribution in [0.5, 0.6) is 5.75 Å². The Hall–Kier alpha value is -1.45. The quantitative estimate of drug-likeness (QED) is 0.328. The molecule has 1 aromatic rings. The van der Waals surface area contributed by atoms with Crippen LogP contribution >= 0.6 is 0 Å². The number of para-hydroxylation sites is 1. The van der Waals surface area contributed by atoms with E-state index in [1.54, 1.807) is 0 Å². The maximum Gasteiger partial charge on any atom is 0.314 e. The second kappa shape index (κ2) is 9.75. The summed E-state index contributed by atoms with van der Waals surface area (Å²) in [6, 6.07) is 3.45. The zero-order valence-electron chi connectivity index (χ0n) is 14.5. The number of benzene rings is 1. The monoisotopic (exact) mass is 338 g/mol. The maximum atomic E-state index is 13.6. The van der Waals surface area contributed by atoms with E-state index in [9.17, 15) is 13.6 Å². The van der Waals surface area contributed by atoms with Gasteiger partial charge in [-0.05, 0) is 43.7 Å². The van der Waals surface area contributed by atoms with Gasteiger partial charge in [-0.2, -0.15) is 0 Å². The van der Waals surface area contributed by atoms with E-state index < -0.39 is 23.4 Å². The molecule has 0 aromatic heterocycles. The molecular formula is C20H28F2O2. The molecule has 24 heavy (non-hydrogen) atoms. The number of carbonyl (C=O) groups is 1. The van der Waals surface area contributed by atoms with Crippen LogP contribution in [0.15, 0.2) is 18.2 Å². The van der Waals surface area contributed by atoms with Crippen molar-refractivity contribution in [3.8, 4) is 5.75 Å². The molecule has 0 amide bonds. The van der Waals surface area contributed by atoms with E-state index in [4.69, 9.17) is 4.74 Å². The molecule has 0 bridgehead atoms. The maximum absolute atomic E-state index is 13.6. The molecule has 0 aliphatic heterocycles. The van der Waals surface area contributed by atoms with Gasteiger partial charge >= 0.3 is 5.97 Å². The van der Waals surface area contributed by atoms with E-state index in [-0.39, 0.29) is 5.92 Å². The molecule has 134 valence electrons. The predicted molar refractivity (Wildman–Crippen MR) is 90.8 cm³/mol. The lowest BCUT2D eigenvalue weighted by Crippen LogP contribution is -2.26. The van der Waals surface area contributed by atoms with Gasteiger partial charge in [-0.15, -0.1) is 0 Å². The third-order valence-electron chi connectivity index (χ3n) is 5.02. The summed E-state index contributed by atoms with van der Waals surface area (Å²) in [6.07, 6.45) is 11.2. The molecule has 0 radical (unpaired) electrons. The van der Waals surface area contributed by atoms with Crippen LogP contribution in [0.1, 0.15) is 71.1 Å². The molecule has 0 spiro atoms. The summed E-state index contributed by atoms with van der Waals surface area (Å²) in [4.78, 5) is 12.2. The van der Waals surface area contributed by atoms with Crippen LogP contribution in [0.4, 0.5) is 8.78 Å². The summed E-state index contributed by atoms with van der Waals surface area (Å²) < 4.78 is 32.1. The zero-order chi connectivity index (χ0) is 17.4. The van der Waals surface area contributed by atoms with Crippen molar-refractivity contribution in [3.63, 3.8) is 0 Å². The van der Waals surface area contributed by atoms with Crippen LogP contribution in [0.2, 0.25) is 0 Å². The molecule has 1 saturated carbocycles. The van der Waals surface area contributed by atoms with Gasteiger partial charge in [0.1, 0.15) is 0 Å². The van der Waals surface area contributed by atoms with E-state index in [1.165, 1.54) is 44.6 Å². The van der Waals surface area contributed by atoms with Crippen molar-refractivity contribution in [2.24, 2.45) is 11.8 Å². The highest BCUT2D eigenvalue weighted by molar-refractivity contribution is 5.75. The van der Waals surface area contributed by atoms with E-state index >= 15 is 0 Å². The Kier molecular flexibility index (Phi) is 7.67. The smallest absolute Gasteiger partial charge is 0.314 e. The first-order chi connectivity index (χ1) is 11.6. The largest absolute Gasteiger partial charge is 0.420 e. The van der Waals surface area contributed by atoms with Crippen LogP contribution in [-0.4, -0.2) is 5.97 Å². The molecule has 1 aliphatic rings. The number of halogens is 2. The number of carbonyl (C=O) groups excluding carboxylic acids is 1. The minimum absolute atomic E-state index is 0.236. The third kappa shape index (κ3) is 5.57. The average Bonchev–Trinajstić information content (AvgIpc) is 2.58. The Bertz CT molecular complexity index is 502. The topological polar surface area (TPSA) is 26.3 Å². The van der Waals surface area contributed by atoms with Gasteiger partial charge in [-0.25, -0.2) is 8.78 Å². The minimum Gasteiger partial charge on any atom is -0.420 e. The first-order valence-corrected chi connectivity index (χ1v) is 9.27. The summed E-state index contributed by atoms with van der Waals surface area (Å²) in [5.74, 6) is -2.28. The average molecular weight is 338 g/mol. The number of unbranched alkanes of at least 4 members (excludes halogenated alkanes) is 4. The number of hydrogen-bond donors (Lipinski definition) is 0. The van der Waals surface area contributed by atoms with Crippen molar-refractivity contribution in [2.75, 3.05) is 0 Å². The fourth-order valence-corrected chi connectivity index (χ4v) is 3.49. The Morgan fingerprint density at radius 2 is 1.67 bits per heavy atom. The van der Waals surface area contributed by atoms with E-state index in [0.717, 1.165) is 37.8 Å². The van der Waals surface area contributed by atoms with Gasteiger partial charge in [-0.1, -0.05) is 51.5 Å². The molecule has 4 heteroatoms. The molecule has 0 heterocycles. The summed E-state index contributed by atoms with van der Waals surface area (Å²) in [5.41, 5.74) is 0. The van der Waals surface area contributed by atoms with Gasteiger partial charge in [-0.3, -0.25) is 4.79 Å². The van der Waals surface area contributed by atoms with Crippen LogP contribution in [0.25, 0.3) is 0 Å². The van der Waals surface area contributed by atoms with Gasteiger partial charge < -0.3 is 4.74 Å². The lowest BCUT2D eigenvalue weighted by molar-refractivity contribution is -0.140. The normalized spacial score (nSPS) is 20.8. The Morgan fingerprint density at radius 1 is 1.04 bits per heavy atom. The summed E-state index contributed by atoms with van der Waals surface area (Å²) >= 11 is 0. The molecule has 1 fully saturated rings. The lowest BCUT2D eigenvalue weighted by Gasteiger charge is -2.27. The Morgan fingerprint density at radius 3 is 2.29 bits per heavy atom. The van der Waals surface area contributed by atoms with Crippen molar-refractivity contribution in [2.45, 2.75) is 71.1 Å². The Balaban J connectivity index is 1.73. The van der Waals surface area contributed by atoms with Crippen molar-refractivity contribution < 1.29 is 18.3 Å². The fourth-order valence-electron chi connectivity index (χ4n) is 3.49. The summed E-state index contributed by atoms with van der Waals surface area (Å²) in [6.45, 7) is 2.22.